The predicted octanol–water partition coefficient (Wildman–Crippen LogP) is 1.34. The molecule has 0 saturated carbocycles. The smallest absolute Gasteiger partial charge is 0.351 e. The summed E-state index contributed by atoms with van der Waals surface area (Å²) in [6.45, 7) is 4.23. The third kappa shape index (κ3) is 4.51. The minimum absolute atomic E-state index is 0.0384. The quantitative estimate of drug-likeness (QED) is 0.659. The van der Waals surface area contributed by atoms with E-state index < -0.39 is 8.56 Å². The van der Waals surface area contributed by atoms with Crippen LogP contribution in [0.2, 0.25) is 6.55 Å². The molecule has 98 valence electrons. The van der Waals surface area contributed by atoms with Crippen molar-refractivity contribution >= 4 is 8.56 Å². The van der Waals surface area contributed by atoms with E-state index in [2.05, 4.69) is 25.9 Å². The van der Waals surface area contributed by atoms with Crippen LogP contribution in [0.5, 0.6) is 0 Å². The van der Waals surface area contributed by atoms with Gasteiger partial charge in [-0.1, -0.05) is 6.92 Å². The molecule has 0 heterocycles. The zero-order valence-corrected chi connectivity index (χ0v) is 12.6. The molecule has 0 bridgehead atoms. The monoisotopic (exact) mass is 248 g/mol. The van der Waals surface area contributed by atoms with E-state index in [-0.39, 0.29) is 5.67 Å². The first-order valence-electron chi connectivity index (χ1n) is 5.93. The number of hydrogen-bond acceptors (Lipinski definition) is 4. The van der Waals surface area contributed by atoms with Crippen molar-refractivity contribution in [2.45, 2.75) is 44.4 Å². The Hall–Kier alpha value is 0.0569. The minimum Gasteiger partial charge on any atom is -0.397 e. The number of hydrogen-bond donors (Lipinski definition) is 1. The second kappa shape index (κ2) is 7.40. The van der Waals surface area contributed by atoms with Crippen LogP contribution in [-0.2, 0) is 8.85 Å². The summed E-state index contributed by atoms with van der Waals surface area (Å²) in [5.74, 6) is 0. The molecule has 0 aliphatic heterocycles. The summed E-state index contributed by atoms with van der Waals surface area (Å²) in [6, 6.07) is 0.595. The highest BCUT2D eigenvalue weighted by molar-refractivity contribution is 6.67. The van der Waals surface area contributed by atoms with Gasteiger partial charge in [-0.2, -0.15) is 0 Å². The van der Waals surface area contributed by atoms with Crippen molar-refractivity contribution in [3.63, 3.8) is 0 Å². The van der Waals surface area contributed by atoms with Gasteiger partial charge in [-0.05, 0) is 39.9 Å². The van der Waals surface area contributed by atoms with Crippen LogP contribution < -0.4 is 5.73 Å². The van der Waals surface area contributed by atoms with Crippen molar-refractivity contribution in [1.82, 2.24) is 4.90 Å². The Labute approximate surface area is 101 Å². The van der Waals surface area contributed by atoms with E-state index in [0.717, 1.165) is 19.3 Å². The molecule has 2 unspecified atom stereocenters. The molecule has 0 saturated heterocycles. The number of rotatable bonds is 8. The highest BCUT2D eigenvalue weighted by atomic mass is 28.4. The van der Waals surface area contributed by atoms with Crippen molar-refractivity contribution in [3.8, 4) is 0 Å². The van der Waals surface area contributed by atoms with E-state index in [1.807, 2.05) is 6.55 Å². The molecule has 0 aromatic heterocycles. The number of nitrogens with zero attached hydrogens (tertiary/aromatic N) is 1. The van der Waals surface area contributed by atoms with E-state index >= 15 is 0 Å². The van der Waals surface area contributed by atoms with E-state index in [1.165, 1.54) is 0 Å². The maximum atomic E-state index is 6.17. The van der Waals surface area contributed by atoms with Gasteiger partial charge in [-0.25, -0.2) is 0 Å². The standard InChI is InChI=1S/C11H28N2O2Si/c1-7-10(13(2)3)8-9-11(12)16(6,14-4)15-5/h10-11H,7-9,12H2,1-6H3. The van der Waals surface area contributed by atoms with Crippen molar-refractivity contribution in [2.24, 2.45) is 5.73 Å². The lowest BCUT2D eigenvalue weighted by atomic mass is 10.1. The Balaban J connectivity index is 4.19. The van der Waals surface area contributed by atoms with Crippen LogP contribution in [0.1, 0.15) is 26.2 Å². The molecule has 5 heteroatoms. The maximum absolute atomic E-state index is 6.17. The van der Waals surface area contributed by atoms with Crippen molar-refractivity contribution in [3.05, 3.63) is 0 Å². The topological polar surface area (TPSA) is 47.7 Å². The van der Waals surface area contributed by atoms with E-state index in [1.54, 1.807) is 14.2 Å². The second-order valence-corrected chi connectivity index (χ2v) is 8.22. The van der Waals surface area contributed by atoms with Gasteiger partial charge in [-0.3, -0.25) is 0 Å². The Kier molecular flexibility index (Phi) is 7.42. The molecule has 0 spiro atoms. The third-order valence-electron chi connectivity index (χ3n) is 3.50. The summed E-state index contributed by atoms with van der Waals surface area (Å²) in [5, 5.41) is 0. The third-order valence-corrected chi connectivity index (χ3v) is 6.75. The fourth-order valence-corrected chi connectivity index (χ4v) is 3.31. The Morgan fingerprint density at radius 2 is 1.69 bits per heavy atom. The van der Waals surface area contributed by atoms with E-state index in [4.69, 9.17) is 14.6 Å². The summed E-state index contributed by atoms with van der Waals surface area (Å²) < 4.78 is 10.9. The molecule has 0 aromatic carbocycles. The highest BCUT2D eigenvalue weighted by Gasteiger charge is 2.36. The highest BCUT2D eigenvalue weighted by Crippen LogP contribution is 2.16. The van der Waals surface area contributed by atoms with Crippen molar-refractivity contribution < 1.29 is 8.85 Å². The summed E-state index contributed by atoms with van der Waals surface area (Å²) in [7, 11) is 5.46. The first-order chi connectivity index (χ1) is 7.41. The van der Waals surface area contributed by atoms with Crippen LogP contribution in [0.4, 0.5) is 0 Å². The summed E-state index contributed by atoms with van der Waals surface area (Å²) in [6.07, 6.45) is 3.21. The fraction of sp³-hybridized carbons (Fsp3) is 1.00. The summed E-state index contributed by atoms with van der Waals surface area (Å²) in [4.78, 5) is 2.26. The molecule has 0 radical (unpaired) electrons. The molecule has 0 aliphatic carbocycles. The summed E-state index contributed by atoms with van der Waals surface area (Å²) >= 11 is 0. The Morgan fingerprint density at radius 1 is 1.19 bits per heavy atom. The Bertz CT molecular complexity index is 187. The predicted molar refractivity (Wildman–Crippen MR) is 70.6 cm³/mol. The molecule has 16 heavy (non-hydrogen) atoms. The largest absolute Gasteiger partial charge is 0.397 e. The lowest BCUT2D eigenvalue weighted by Crippen LogP contribution is -2.54. The van der Waals surface area contributed by atoms with Gasteiger partial charge in [0.15, 0.2) is 0 Å². The van der Waals surface area contributed by atoms with Crippen LogP contribution in [0.15, 0.2) is 0 Å². The van der Waals surface area contributed by atoms with Crippen LogP contribution >= 0.6 is 0 Å². The van der Waals surface area contributed by atoms with Gasteiger partial charge < -0.3 is 19.5 Å². The minimum atomic E-state index is -2.16. The lowest BCUT2D eigenvalue weighted by Gasteiger charge is -2.31. The van der Waals surface area contributed by atoms with Gasteiger partial charge >= 0.3 is 8.56 Å². The van der Waals surface area contributed by atoms with Gasteiger partial charge in [-0.15, -0.1) is 0 Å². The number of nitrogens with two attached hydrogens (primary N) is 1. The average molecular weight is 248 g/mol. The van der Waals surface area contributed by atoms with Gasteiger partial charge in [0, 0.05) is 25.9 Å². The van der Waals surface area contributed by atoms with Gasteiger partial charge in [0.2, 0.25) is 0 Å². The van der Waals surface area contributed by atoms with Crippen molar-refractivity contribution in [1.29, 1.82) is 0 Å². The van der Waals surface area contributed by atoms with Crippen molar-refractivity contribution in [2.75, 3.05) is 28.3 Å². The molecule has 4 nitrogen and oxygen atoms in total. The van der Waals surface area contributed by atoms with Gasteiger partial charge in [0.25, 0.3) is 0 Å². The van der Waals surface area contributed by atoms with Gasteiger partial charge in [0.1, 0.15) is 0 Å². The molecule has 0 amide bonds. The zero-order valence-electron chi connectivity index (χ0n) is 11.6. The lowest BCUT2D eigenvalue weighted by molar-refractivity contribution is 0.225. The molecule has 2 atom stereocenters. The fourth-order valence-electron chi connectivity index (χ4n) is 1.85. The van der Waals surface area contributed by atoms with Crippen LogP contribution in [0.25, 0.3) is 0 Å². The van der Waals surface area contributed by atoms with E-state index in [0.29, 0.717) is 6.04 Å². The summed E-state index contributed by atoms with van der Waals surface area (Å²) in [5.41, 5.74) is 6.21. The first kappa shape index (κ1) is 16.1. The molecule has 0 rings (SSSR count). The SMILES string of the molecule is CCC(CCC(N)[Si](C)(OC)OC)N(C)C. The molecule has 0 aromatic rings. The van der Waals surface area contributed by atoms with Crippen LogP contribution in [0, 0.1) is 0 Å². The second-order valence-electron chi connectivity index (χ2n) is 4.63. The zero-order chi connectivity index (χ0) is 12.8. The van der Waals surface area contributed by atoms with Crippen LogP contribution in [-0.4, -0.2) is 53.5 Å². The average Bonchev–Trinajstić information content (AvgIpc) is 2.28. The molecule has 0 aliphatic rings. The molecular formula is C11H28N2O2Si. The van der Waals surface area contributed by atoms with E-state index in [9.17, 15) is 0 Å². The normalized spacial score (nSPS) is 16.5. The van der Waals surface area contributed by atoms with Crippen LogP contribution in [0.3, 0.4) is 0 Å². The van der Waals surface area contributed by atoms with Gasteiger partial charge in [0.05, 0.1) is 0 Å². The molecular weight excluding hydrogens is 220 g/mol. The maximum Gasteiger partial charge on any atom is 0.351 e. The molecule has 0 fully saturated rings. The first-order valence-corrected chi connectivity index (χ1v) is 8.33. The Morgan fingerprint density at radius 3 is 2.00 bits per heavy atom. The molecule has 2 N–H and O–H groups in total.